The summed E-state index contributed by atoms with van der Waals surface area (Å²) in [5, 5.41) is 4.11. The van der Waals surface area contributed by atoms with Gasteiger partial charge >= 0.3 is 0 Å². The van der Waals surface area contributed by atoms with Gasteiger partial charge < -0.3 is 14.8 Å². The normalized spacial score (nSPS) is 20.9. The Kier molecular flexibility index (Phi) is 4.50. The molecule has 90 valence electrons. The fourth-order valence-electron chi connectivity index (χ4n) is 1.51. The molecular formula is C10H17N3O2S. The number of nitrogens with one attached hydrogen (secondary N) is 1. The van der Waals surface area contributed by atoms with Crippen LogP contribution in [-0.2, 0) is 15.9 Å². The predicted octanol–water partition coefficient (Wildman–Crippen LogP) is 1.32. The van der Waals surface area contributed by atoms with Crippen LogP contribution in [0.5, 0.6) is 0 Å². The summed E-state index contributed by atoms with van der Waals surface area (Å²) < 4.78 is 15.1. The summed E-state index contributed by atoms with van der Waals surface area (Å²) in [5.74, 6) is 0.927. The highest BCUT2D eigenvalue weighted by molar-refractivity contribution is 7.09. The number of rotatable bonds is 5. The number of aromatic nitrogens is 2. The zero-order valence-corrected chi connectivity index (χ0v) is 10.3. The van der Waals surface area contributed by atoms with Crippen molar-refractivity contribution >= 4 is 16.7 Å². The van der Waals surface area contributed by atoms with Crippen LogP contribution in [0.15, 0.2) is 0 Å². The summed E-state index contributed by atoms with van der Waals surface area (Å²) in [5.41, 5.74) is 0. The second kappa shape index (κ2) is 6.12. The van der Waals surface area contributed by atoms with Crippen LogP contribution in [0.2, 0.25) is 0 Å². The van der Waals surface area contributed by atoms with Crippen molar-refractivity contribution in [2.75, 3.05) is 31.7 Å². The summed E-state index contributed by atoms with van der Waals surface area (Å²) in [4.78, 5) is 4.38. The van der Waals surface area contributed by atoms with Crippen LogP contribution < -0.4 is 5.32 Å². The topological polar surface area (TPSA) is 56.3 Å². The fraction of sp³-hybridized carbons (Fsp3) is 0.800. The number of hydrogen-bond acceptors (Lipinski definition) is 6. The van der Waals surface area contributed by atoms with Crippen molar-refractivity contribution in [3.63, 3.8) is 0 Å². The van der Waals surface area contributed by atoms with E-state index in [0.29, 0.717) is 19.8 Å². The van der Waals surface area contributed by atoms with Crippen molar-refractivity contribution in [2.45, 2.75) is 25.9 Å². The van der Waals surface area contributed by atoms with Gasteiger partial charge in [0.25, 0.3) is 0 Å². The Morgan fingerprint density at radius 1 is 1.50 bits per heavy atom. The molecule has 0 amide bonds. The molecule has 5 nitrogen and oxygen atoms in total. The second-order valence-corrected chi connectivity index (χ2v) is 4.47. The molecule has 1 atom stereocenters. The van der Waals surface area contributed by atoms with E-state index in [0.717, 1.165) is 30.3 Å². The average molecular weight is 243 g/mol. The molecule has 0 spiro atoms. The van der Waals surface area contributed by atoms with Crippen molar-refractivity contribution in [3.8, 4) is 0 Å². The van der Waals surface area contributed by atoms with E-state index in [2.05, 4.69) is 21.6 Å². The lowest BCUT2D eigenvalue weighted by molar-refractivity contribution is -0.0818. The molecule has 1 saturated heterocycles. The number of anilines is 1. The van der Waals surface area contributed by atoms with Crippen LogP contribution in [0.4, 0.5) is 5.13 Å². The van der Waals surface area contributed by atoms with E-state index in [1.54, 1.807) is 0 Å². The molecule has 1 aromatic heterocycles. The van der Waals surface area contributed by atoms with Gasteiger partial charge in [-0.15, -0.1) is 0 Å². The first kappa shape index (κ1) is 11.8. The van der Waals surface area contributed by atoms with Crippen LogP contribution in [0.3, 0.4) is 0 Å². The van der Waals surface area contributed by atoms with Crippen molar-refractivity contribution in [2.24, 2.45) is 0 Å². The molecule has 1 aromatic rings. The van der Waals surface area contributed by atoms with Crippen molar-refractivity contribution in [1.29, 1.82) is 0 Å². The first-order valence-electron chi connectivity index (χ1n) is 5.64. The predicted molar refractivity (Wildman–Crippen MR) is 63.0 cm³/mol. The van der Waals surface area contributed by atoms with Gasteiger partial charge in [0.2, 0.25) is 5.13 Å². The van der Waals surface area contributed by atoms with Gasteiger partial charge in [0, 0.05) is 24.5 Å². The molecule has 2 rings (SSSR count). The monoisotopic (exact) mass is 243 g/mol. The average Bonchev–Trinajstić information content (AvgIpc) is 2.76. The minimum Gasteiger partial charge on any atom is -0.376 e. The van der Waals surface area contributed by atoms with Crippen LogP contribution >= 0.6 is 11.5 Å². The van der Waals surface area contributed by atoms with Crippen LogP contribution in [0.25, 0.3) is 0 Å². The van der Waals surface area contributed by atoms with Gasteiger partial charge in [-0.3, -0.25) is 0 Å². The molecule has 0 aliphatic carbocycles. The number of ether oxygens (including phenoxy) is 2. The minimum atomic E-state index is 0.132. The van der Waals surface area contributed by atoms with Gasteiger partial charge in [0.15, 0.2) is 0 Å². The molecule has 1 fully saturated rings. The molecule has 1 unspecified atom stereocenters. The van der Waals surface area contributed by atoms with Gasteiger partial charge in [0.05, 0.1) is 25.9 Å². The summed E-state index contributed by atoms with van der Waals surface area (Å²) in [6, 6.07) is 0. The van der Waals surface area contributed by atoms with Crippen molar-refractivity contribution in [3.05, 3.63) is 5.82 Å². The Bertz CT molecular complexity index is 313. The van der Waals surface area contributed by atoms with E-state index in [4.69, 9.17) is 9.47 Å². The lowest BCUT2D eigenvalue weighted by atomic mass is 10.3. The maximum absolute atomic E-state index is 5.52. The van der Waals surface area contributed by atoms with Gasteiger partial charge in [-0.1, -0.05) is 6.92 Å². The summed E-state index contributed by atoms with van der Waals surface area (Å²) in [6.07, 6.45) is 2.16. The molecule has 0 radical (unpaired) electrons. The number of nitrogens with zero attached hydrogens (tertiary/aromatic N) is 2. The zero-order chi connectivity index (χ0) is 11.2. The van der Waals surface area contributed by atoms with Gasteiger partial charge in [-0.25, -0.2) is 4.98 Å². The first-order chi connectivity index (χ1) is 7.88. The highest BCUT2D eigenvalue weighted by atomic mass is 32.1. The molecule has 1 aliphatic heterocycles. The highest BCUT2D eigenvalue weighted by Gasteiger charge is 2.14. The van der Waals surface area contributed by atoms with Crippen LogP contribution in [0, 0.1) is 0 Å². The molecule has 0 saturated carbocycles. The van der Waals surface area contributed by atoms with E-state index in [9.17, 15) is 0 Å². The van der Waals surface area contributed by atoms with E-state index in [-0.39, 0.29) is 6.10 Å². The Morgan fingerprint density at radius 3 is 3.19 bits per heavy atom. The largest absolute Gasteiger partial charge is 0.376 e. The molecule has 6 heteroatoms. The lowest BCUT2D eigenvalue weighted by Crippen LogP contribution is -2.34. The Labute approximate surface area is 99.3 Å². The standard InChI is InChI=1S/C10H17N3O2S/c1-2-3-9-12-10(16-13-9)11-6-8-7-14-4-5-15-8/h8H,2-7H2,1H3,(H,11,12,13). The van der Waals surface area contributed by atoms with E-state index < -0.39 is 0 Å². The smallest absolute Gasteiger partial charge is 0.202 e. The van der Waals surface area contributed by atoms with Crippen LogP contribution in [-0.4, -0.2) is 41.8 Å². The molecule has 1 aliphatic rings. The van der Waals surface area contributed by atoms with E-state index >= 15 is 0 Å². The van der Waals surface area contributed by atoms with E-state index in [1.165, 1.54) is 11.5 Å². The second-order valence-electron chi connectivity index (χ2n) is 3.71. The zero-order valence-electron chi connectivity index (χ0n) is 9.44. The number of aryl methyl sites for hydroxylation is 1. The molecular weight excluding hydrogens is 226 g/mol. The molecule has 0 aromatic carbocycles. The first-order valence-corrected chi connectivity index (χ1v) is 6.41. The van der Waals surface area contributed by atoms with E-state index in [1.807, 2.05) is 0 Å². The molecule has 16 heavy (non-hydrogen) atoms. The SMILES string of the molecule is CCCc1nsc(NCC2COCCO2)n1. The highest BCUT2D eigenvalue weighted by Crippen LogP contribution is 2.12. The van der Waals surface area contributed by atoms with Gasteiger partial charge in [-0.2, -0.15) is 4.37 Å². The third-order valence-corrected chi connectivity index (χ3v) is 3.02. The summed E-state index contributed by atoms with van der Waals surface area (Å²) in [6.45, 7) is 4.91. The maximum Gasteiger partial charge on any atom is 0.202 e. The molecule has 0 bridgehead atoms. The van der Waals surface area contributed by atoms with Crippen LogP contribution in [0.1, 0.15) is 19.2 Å². The summed E-state index contributed by atoms with van der Waals surface area (Å²) in [7, 11) is 0. The molecule has 1 N–H and O–H groups in total. The summed E-state index contributed by atoms with van der Waals surface area (Å²) >= 11 is 1.41. The quantitative estimate of drug-likeness (QED) is 0.845. The minimum absolute atomic E-state index is 0.132. The lowest BCUT2D eigenvalue weighted by Gasteiger charge is -2.22. The Hall–Kier alpha value is -0.720. The van der Waals surface area contributed by atoms with Crippen molar-refractivity contribution in [1.82, 2.24) is 9.36 Å². The van der Waals surface area contributed by atoms with Gasteiger partial charge in [-0.05, 0) is 6.42 Å². The Balaban J connectivity index is 1.75. The van der Waals surface area contributed by atoms with Crippen molar-refractivity contribution < 1.29 is 9.47 Å². The fourth-order valence-corrected chi connectivity index (χ4v) is 2.12. The Morgan fingerprint density at radius 2 is 2.44 bits per heavy atom. The number of hydrogen-bond donors (Lipinski definition) is 1. The third-order valence-electron chi connectivity index (χ3n) is 2.31. The maximum atomic E-state index is 5.52. The molecule has 2 heterocycles. The van der Waals surface area contributed by atoms with Gasteiger partial charge in [0.1, 0.15) is 5.82 Å². The third kappa shape index (κ3) is 3.40.